The van der Waals surface area contributed by atoms with E-state index < -0.39 is 0 Å². The second-order valence-corrected chi connectivity index (χ2v) is 4.96. The van der Waals surface area contributed by atoms with Crippen LogP contribution in [0.3, 0.4) is 0 Å². The van der Waals surface area contributed by atoms with Crippen molar-refractivity contribution in [3.05, 3.63) is 9.66 Å². The minimum atomic E-state index is 0.197. The maximum atomic E-state index is 11.0. The third kappa shape index (κ3) is 2.08. The summed E-state index contributed by atoms with van der Waals surface area (Å²) in [6.45, 7) is 4.27. The van der Waals surface area contributed by atoms with E-state index in [0.29, 0.717) is 6.42 Å². The van der Waals surface area contributed by atoms with Crippen LogP contribution in [0.25, 0.3) is 0 Å². The van der Waals surface area contributed by atoms with E-state index in [1.165, 1.54) is 3.58 Å². The largest absolute Gasteiger partial charge is 0.295 e. The zero-order chi connectivity index (χ0) is 7.78. The van der Waals surface area contributed by atoms with E-state index in [1.807, 2.05) is 0 Å². The molecule has 0 amide bonds. The topological polar surface area (TPSA) is 17.1 Å². The first-order valence-electron chi connectivity index (χ1n) is 3.38. The number of hydrogen-bond donors (Lipinski definition) is 0. The third-order valence-corrected chi connectivity index (χ3v) is 2.31. The zero-order valence-corrected chi connectivity index (χ0v) is 8.44. The van der Waals surface area contributed by atoms with Gasteiger partial charge in [-0.15, -0.1) is 0 Å². The highest BCUT2D eigenvalue weighted by molar-refractivity contribution is 14.1. The van der Waals surface area contributed by atoms with Crippen molar-refractivity contribution in [3.8, 4) is 0 Å². The van der Waals surface area contributed by atoms with Crippen LogP contribution in [0.2, 0.25) is 0 Å². The van der Waals surface area contributed by atoms with Gasteiger partial charge in [0.25, 0.3) is 0 Å². The molecule has 56 valence electrons. The molecule has 2 heteroatoms. The van der Waals surface area contributed by atoms with Crippen molar-refractivity contribution in [1.82, 2.24) is 0 Å². The second-order valence-electron chi connectivity index (χ2n) is 3.58. The van der Waals surface area contributed by atoms with Crippen LogP contribution in [0.15, 0.2) is 9.66 Å². The molecule has 0 heterocycles. The van der Waals surface area contributed by atoms with E-state index in [1.54, 1.807) is 6.08 Å². The van der Waals surface area contributed by atoms with Crippen LogP contribution in [0.4, 0.5) is 0 Å². The summed E-state index contributed by atoms with van der Waals surface area (Å²) in [5.74, 6) is 0.278. The molecular formula is C8H11IO. The molecule has 0 N–H and O–H groups in total. The SMILES string of the molecule is CC1(C)CC(=O)C=C(I)C1. The fourth-order valence-electron chi connectivity index (χ4n) is 1.27. The van der Waals surface area contributed by atoms with Crippen molar-refractivity contribution in [1.29, 1.82) is 0 Å². The summed E-state index contributed by atoms with van der Waals surface area (Å²) in [5, 5.41) is 0. The van der Waals surface area contributed by atoms with Crippen LogP contribution in [-0.4, -0.2) is 5.78 Å². The van der Waals surface area contributed by atoms with Crippen molar-refractivity contribution in [2.24, 2.45) is 5.41 Å². The molecule has 0 aromatic rings. The number of ketones is 1. The average molecular weight is 250 g/mol. The fourth-order valence-corrected chi connectivity index (χ4v) is 2.65. The molecule has 0 saturated carbocycles. The lowest BCUT2D eigenvalue weighted by Crippen LogP contribution is -2.20. The number of rotatable bonds is 0. The molecule has 1 aliphatic carbocycles. The molecule has 0 aromatic carbocycles. The van der Waals surface area contributed by atoms with Gasteiger partial charge in [0.1, 0.15) is 0 Å². The highest BCUT2D eigenvalue weighted by Crippen LogP contribution is 2.35. The molecule has 10 heavy (non-hydrogen) atoms. The Balaban J connectivity index is 2.80. The Bertz CT molecular complexity index is 191. The molecule has 0 saturated heterocycles. The summed E-state index contributed by atoms with van der Waals surface area (Å²) in [6, 6.07) is 0. The first kappa shape index (κ1) is 8.24. The van der Waals surface area contributed by atoms with Crippen molar-refractivity contribution in [2.45, 2.75) is 26.7 Å². The first-order chi connectivity index (χ1) is 4.49. The molecule has 0 radical (unpaired) electrons. The molecular weight excluding hydrogens is 239 g/mol. The van der Waals surface area contributed by atoms with E-state index >= 15 is 0 Å². The number of carbonyl (C=O) groups is 1. The average Bonchev–Trinajstić information content (AvgIpc) is 1.54. The molecule has 1 nitrogen and oxygen atoms in total. The van der Waals surface area contributed by atoms with Gasteiger partial charge >= 0.3 is 0 Å². The van der Waals surface area contributed by atoms with Gasteiger partial charge in [-0.2, -0.15) is 0 Å². The maximum Gasteiger partial charge on any atom is 0.156 e. The number of carbonyl (C=O) groups excluding carboxylic acids is 1. The van der Waals surface area contributed by atoms with Crippen molar-refractivity contribution >= 4 is 28.4 Å². The quantitative estimate of drug-likeness (QED) is 0.604. The normalized spacial score (nSPS) is 24.3. The fraction of sp³-hybridized carbons (Fsp3) is 0.625. The van der Waals surface area contributed by atoms with E-state index in [4.69, 9.17) is 0 Å². The van der Waals surface area contributed by atoms with E-state index in [2.05, 4.69) is 36.4 Å². The molecule has 0 aliphatic heterocycles. The Morgan fingerprint density at radius 1 is 1.50 bits per heavy atom. The number of hydrogen-bond acceptors (Lipinski definition) is 1. The Hall–Kier alpha value is 0.140. The van der Waals surface area contributed by atoms with Crippen LogP contribution in [0, 0.1) is 5.41 Å². The lowest BCUT2D eigenvalue weighted by Gasteiger charge is -2.26. The lowest BCUT2D eigenvalue weighted by atomic mass is 9.80. The minimum Gasteiger partial charge on any atom is -0.295 e. The van der Waals surface area contributed by atoms with E-state index in [9.17, 15) is 4.79 Å². The van der Waals surface area contributed by atoms with Crippen LogP contribution >= 0.6 is 22.6 Å². The molecule has 0 atom stereocenters. The van der Waals surface area contributed by atoms with Crippen LogP contribution in [-0.2, 0) is 4.79 Å². The molecule has 1 aliphatic rings. The van der Waals surface area contributed by atoms with Gasteiger partial charge < -0.3 is 0 Å². The maximum absolute atomic E-state index is 11.0. The van der Waals surface area contributed by atoms with Crippen molar-refractivity contribution in [3.63, 3.8) is 0 Å². The summed E-state index contributed by atoms with van der Waals surface area (Å²) in [5.41, 5.74) is 0.197. The number of allylic oxidation sites excluding steroid dienone is 2. The van der Waals surface area contributed by atoms with E-state index in [-0.39, 0.29) is 11.2 Å². The minimum absolute atomic E-state index is 0.197. The van der Waals surface area contributed by atoms with E-state index in [0.717, 1.165) is 6.42 Å². The van der Waals surface area contributed by atoms with Crippen LogP contribution in [0.1, 0.15) is 26.7 Å². The van der Waals surface area contributed by atoms with Crippen LogP contribution in [0.5, 0.6) is 0 Å². The highest BCUT2D eigenvalue weighted by Gasteiger charge is 2.25. The summed E-state index contributed by atoms with van der Waals surface area (Å²) in [4.78, 5) is 11.0. The third-order valence-electron chi connectivity index (χ3n) is 1.62. The van der Waals surface area contributed by atoms with Gasteiger partial charge in [-0.1, -0.05) is 13.8 Å². The summed E-state index contributed by atoms with van der Waals surface area (Å²) in [6.07, 6.45) is 3.52. The summed E-state index contributed by atoms with van der Waals surface area (Å²) in [7, 11) is 0. The molecule has 1 rings (SSSR count). The summed E-state index contributed by atoms with van der Waals surface area (Å²) >= 11 is 2.24. The van der Waals surface area contributed by atoms with Gasteiger partial charge in [-0.3, -0.25) is 4.79 Å². The predicted octanol–water partition coefficient (Wildman–Crippen LogP) is 2.69. The molecule has 0 spiro atoms. The monoisotopic (exact) mass is 250 g/mol. The van der Waals surface area contributed by atoms with Gasteiger partial charge in [-0.25, -0.2) is 0 Å². The lowest BCUT2D eigenvalue weighted by molar-refractivity contribution is -0.116. The zero-order valence-electron chi connectivity index (χ0n) is 6.28. The first-order valence-corrected chi connectivity index (χ1v) is 4.46. The molecule has 0 fully saturated rings. The molecule has 0 aromatic heterocycles. The smallest absolute Gasteiger partial charge is 0.156 e. The van der Waals surface area contributed by atoms with Gasteiger partial charge in [0.2, 0.25) is 0 Å². The van der Waals surface area contributed by atoms with Crippen molar-refractivity contribution < 1.29 is 4.79 Å². The van der Waals surface area contributed by atoms with Gasteiger partial charge in [0, 0.05) is 6.42 Å². The Morgan fingerprint density at radius 2 is 2.10 bits per heavy atom. The standard InChI is InChI=1S/C8H11IO/c1-8(2)4-6(9)3-7(10)5-8/h3H,4-5H2,1-2H3. The molecule has 0 bridgehead atoms. The Kier molecular flexibility index (Phi) is 2.18. The van der Waals surface area contributed by atoms with Gasteiger partial charge in [-0.05, 0) is 44.1 Å². The van der Waals surface area contributed by atoms with Gasteiger partial charge in [0.15, 0.2) is 5.78 Å². The Morgan fingerprint density at radius 3 is 2.50 bits per heavy atom. The molecule has 0 unspecified atom stereocenters. The highest BCUT2D eigenvalue weighted by atomic mass is 127. The van der Waals surface area contributed by atoms with Gasteiger partial charge in [0.05, 0.1) is 0 Å². The Labute approximate surface area is 75.0 Å². The predicted molar refractivity (Wildman–Crippen MR) is 50.1 cm³/mol. The van der Waals surface area contributed by atoms with Crippen LogP contribution < -0.4 is 0 Å². The summed E-state index contributed by atoms with van der Waals surface area (Å²) < 4.78 is 1.19. The number of halogens is 1. The second kappa shape index (κ2) is 2.64. The van der Waals surface area contributed by atoms with Crippen molar-refractivity contribution in [2.75, 3.05) is 0 Å².